The lowest BCUT2D eigenvalue weighted by molar-refractivity contribution is -0.131. The molecule has 0 N–H and O–H groups in total. The molecule has 0 fully saturated rings. The highest BCUT2D eigenvalue weighted by atomic mass is 79.9. The van der Waals surface area contributed by atoms with Gasteiger partial charge in [-0.05, 0) is 57.4 Å². The Balaban J connectivity index is 1.84. The molecule has 0 spiro atoms. The Bertz CT molecular complexity index is 1290. The first-order chi connectivity index (χ1) is 14.3. The van der Waals surface area contributed by atoms with Gasteiger partial charge in [0.2, 0.25) is 0 Å². The smallest absolute Gasteiger partial charge is 0.308 e. The molecule has 1 aromatic heterocycles. The molecule has 0 unspecified atom stereocenters. The van der Waals surface area contributed by atoms with E-state index in [4.69, 9.17) is 9.47 Å². The first-order valence-electron chi connectivity index (χ1n) is 9.10. The zero-order valence-corrected chi connectivity index (χ0v) is 17.7. The highest BCUT2D eigenvalue weighted by Crippen LogP contribution is 2.39. The number of aromatic nitrogens is 1. The summed E-state index contributed by atoms with van der Waals surface area (Å²) in [5.74, 6) is 0.508. The van der Waals surface area contributed by atoms with Gasteiger partial charge in [0.25, 0.3) is 6.43 Å². The summed E-state index contributed by atoms with van der Waals surface area (Å²) in [6.07, 6.45) is -2.78. The van der Waals surface area contributed by atoms with Crippen molar-refractivity contribution in [3.8, 4) is 17.2 Å². The van der Waals surface area contributed by atoms with Crippen LogP contribution in [0.2, 0.25) is 0 Å². The van der Waals surface area contributed by atoms with Crippen molar-refractivity contribution in [3.05, 3.63) is 70.3 Å². The molecule has 7 heteroatoms. The molecule has 0 aliphatic heterocycles. The number of benzene rings is 3. The Hall–Kier alpha value is -3.06. The summed E-state index contributed by atoms with van der Waals surface area (Å²) in [6, 6.07) is 16.0. The van der Waals surface area contributed by atoms with Crippen molar-refractivity contribution in [1.29, 1.82) is 0 Å². The van der Waals surface area contributed by atoms with E-state index in [0.29, 0.717) is 28.0 Å². The Kier molecular flexibility index (Phi) is 5.39. The van der Waals surface area contributed by atoms with E-state index in [2.05, 4.69) is 20.9 Å². The van der Waals surface area contributed by atoms with Crippen LogP contribution in [0.3, 0.4) is 0 Å². The fourth-order valence-corrected chi connectivity index (χ4v) is 3.79. The van der Waals surface area contributed by atoms with Crippen LogP contribution >= 0.6 is 15.9 Å². The van der Waals surface area contributed by atoms with Gasteiger partial charge >= 0.3 is 5.97 Å². The Morgan fingerprint density at radius 2 is 1.77 bits per heavy atom. The van der Waals surface area contributed by atoms with Crippen molar-refractivity contribution in [2.75, 3.05) is 0 Å². The van der Waals surface area contributed by atoms with E-state index < -0.39 is 18.1 Å². The van der Waals surface area contributed by atoms with Gasteiger partial charge < -0.3 is 9.47 Å². The maximum absolute atomic E-state index is 13.2. The van der Waals surface area contributed by atoms with Crippen LogP contribution in [0.5, 0.6) is 17.2 Å². The number of alkyl halides is 2. The summed E-state index contributed by atoms with van der Waals surface area (Å²) < 4.78 is 38.5. The molecule has 30 heavy (non-hydrogen) atoms. The topological polar surface area (TPSA) is 48.4 Å². The average Bonchev–Trinajstić information content (AvgIpc) is 2.70. The third kappa shape index (κ3) is 3.85. The fourth-order valence-electron chi connectivity index (χ4n) is 3.22. The quantitative estimate of drug-likeness (QED) is 0.297. The van der Waals surface area contributed by atoms with Crippen molar-refractivity contribution in [1.82, 2.24) is 4.98 Å². The molecule has 0 atom stereocenters. The largest absolute Gasteiger partial charge is 0.456 e. The summed E-state index contributed by atoms with van der Waals surface area (Å²) >= 11 is 3.60. The summed E-state index contributed by atoms with van der Waals surface area (Å²) in [5.41, 5.74) is 0.547. The van der Waals surface area contributed by atoms with Crippen molar-refractivity contribution in [3.63, 3.8) is 0 Å². The summed E-state index contributed by atoms with van der Waals surface area (Å²) in [4.78, 5) is 15.5. The van der Waals surface area contributed by atoms with Crippen LogP contribution in [0.4, 0.5) is 8.78 Å². The SMILES string of the molecule is CC(=O)Oc1cc(C(F)F)nc2cc(C)c(Oc3ccc4ccccc4c3Br)cc12. The van der Waals surface area contributed by atoms with Gasteiger partial charge in [-0.3, -0.25) is 4.79 Å². The number of fused-ring (bicyclic) bond motifs is 2. The van der Waals surface area contributed by atoms with Gasteiger partial charge in [0.05, 0.1) is 9.99 Å². The van der Waals surface area contributed by atoms with E-state index in [0.717, 1.165) is 21.3 Å². The number of esters is 1. The fraction of sp³-hybridized carbons (Fsp3) is 0.130. The second kappa shape index (κ2) is 7.99. The number of carbonyl (C=O) groups excluding carboxylic acids is 1. The van der Waals surface area contributed by atoms with Gasteiger partial charge in [0.15, 0.2) is 0 Å². The highest BCUT2D eigenvalue weighted by Gasteiger charge is 2.18. The standard InChI is InChI=1S/C23H16BrF2NO3/c1-12-9-17-16(21(29-13(2)28)11-18(27-17)23(25)26)10-20(12)30-19-8-7-14-5-3-4-6-15(14)22(19)24/h3-11,23H,1-2H3. The number of aryl methyl sites for hydroxylation is 1. The van der Waals surface area contributed by atoms with E-state index in [9.17, 15) is 13.6 Å². The predicted octanol–water partition coefficient (Wildman–Crippen LogP) is 7.11. The van der Waals surface area contributed by atoms with Gasteiger partial charge in [-0.2, -0.15) is 0 Å². The zero-order valence-electron chi connectivity index (χ0n) is 16.1. The minimum atomic E-state index is -2.78. The highest BCUT2D eigenvalue weighted by molar-refractivity contribution is 9.10. The second-order valence-corrected chi connectivity index (χ2v) is 7.57. The van der Waals surface area contributed by atoms with Gasteiger partial charge in [-0.25, -0.2) is 13.8 Å². The number of nitrogens with zero attached hydrogens (tertiary/aromatic N) is 1. The van der Waals surface area contributed by atoms with Gasteiger partial charge in [0.1, 0.15) is 22.9 Å². The maximum Gasteiger partial charge on any atom is 0.308 e. The Morgan fingerprint density at radius 3 is 2.50 bits per heavy atom. The van der Waals surface area contributed by atoms with Crippen molar-refractivity contribution < 1.29 is 23.0 Å². The molecule has 4 nitrogen and oxygen atoms in total. The van der Waals surface area contributed by atoms with E-state index in [1.54, 1.807) is 19.1 Å². The van der Waals surface area contributed by atoms with Gasteiger partial charge in [-0.1, -0.05) is 30.3 Å². The molecular weight excluding hydrogens is 456 g/mol. The average molecular weight is 472 g/mol. The molecule has 3 aromatic carbocycles. The number of rotatable bonds is 4. The third-order valence-electron chi connectivity index (χ3n) is 4.61. The van der Waals surface area contributed by atoms with E-state index in [1.807, 2.05) is 36.4 Å². The van der Waals surface area contributed by atoms with E-state index in [-0.39, 0.29) is 5.75 Å². The third-order valence-corrected chi connectivity index (χ3v) is 5.43. The number of hydrogen-bond acceptors (Lipinski definition) is 4. The second-order valence-electron chi connectivity index (χ2n) is 6.78. The van der Waals surface area contributed by atoms with Crippen LogP contribution in [0.25, 0.3) is 21.7 Å². The molecule has 0 bridgehead atoms. The van der Waals surface area contributed by atoms with Crippen LogP contribution < -0.4 is 9.47 Å². The Labute approximate surface area is 179 Å². The molecular formula is C23H16BrF2NO3. The molecule has 0 saturated heterocycles. The lowest BCUT2D eigenvalue weighted by atomic mass is 10.1. The van der Waals surface area contributed by atoms with Crippen molar-refractivity contribution in [2.45, 2.75) is 20.3 Å². The Morgan fingerprint density at radius 1 is 1.00 bits per heavy atom. The number of hydrogen-bond donors (Lipinski definition) is 0. The molecule has 1 heterocycles. The molecule has 0 amide bonds. The minimum Gasteiger partial charge on any atom is -0.456 e. The lowest BCUT2D eigenvalue weighted by Crippen LogP contribution is -2.04. The molecule has 152 valence electrons. The number of carbonyl (C=O) groups is 1. The summed E-state index contributed by atoms with van der Waals surface area (Å²) in [7, 11) is 0. The van der Waals surface area contributed by atoms with Crippen LogP contribution in [-0.2, 0) is 4.79 Å². The molecule has 4 rings (SSSR count). The summed E-state index contributed by atoms with van der Waals surface area (Å²) in [5, 5.41) is 2.47. The van der Waals surface area contributed by atoms with Crippen molar-refractivity contribution >= 4 is 43.6 Å². The minimum absolute atomic E-state index is 0.0187. The first kappa shape index (κ1) is 20.2. The monoisotopic (exact) mass is 471 g/mol. The first-order valence-corrected chi connectivity index (χ1v) is 9.90. The molecule has 0 aliphatic rings. The lowest BCUT2D eigenvalue weighted by Gasteiger charge is -2.15. The number of pyridine rings is 1. The van der Waals surface area contributed by atoms with Crippen LogP contribution in [-0.4, -0.2) is 11.0 Å². The van der Waals surface area contributed by atoms with Gasteiger partial charge in [-0.15, -0.1) is 0 Å². The molecule has 4 aromatic rings. The van der Waals surface area contributed by atoms with E-state index >= 15 is 0 Å². The van der Waals surface area contributed by atoms with Crippen LogP contribution in [0, 0.1) is 6.92 Å². The van der Waals surface area contributed by atoms with Crippen LogP contribution in [0.15, 0.2) is 59.1 Å². The zero-order chi connectivity index (χ0) is 21.4. The normalized spacial score (nSPS) is 11.3. The van der Waals surface area contributed by atoms with Crippen molar-refractivity contribution in [2.24, 2.45) is 0 Å². The maximum atomic E-state index is 13.2. The number of ether oxygens (including phenoxy) is 2. The molecule has 0 aliphatic carbocycles. The number of halogens is 3. The molecule has 0 saturated carbocycles. The van der Waals surface area contributed by atoms with E-state index in [1.165, 1.54) is 6.92 Å². The summed E-state index contributed by atoms with van der Waals surface area (Å²) in [6.45, 7) is 3.01. The van der Waals surface area contributed by atoms with Gasteiger partial charge in [0, 0.05) is 18.4 Å². The van der Waals surface area contributed by atoms with Crippen LogP contribution in [0.1, 0.15) is 24.6 Å². The molecule has 0 radical (unpaired) electrons. The predicted molar refractivity (Wildman–Crippen MR) is 114 cm³/mol.